The molecule has 0 unspecified atom stereocenters. The molecule has 0 bridgehead atoms. The summed E-state index contributed by atoms with van der Waals surface area (Å²) in [6.07, 6.45) is 1.97. The first kappa shape index (κ1) is 27.7. The van der Waals surface area contributed by atoms with E-state index in [2.05, 4.69) is 91.0 Å². The predicted octanol–water partition coefficient (Wildman–Crippen LogP) is 10.5. The van der Waals surface area contributed by atoms with Crippen molar-refractivity contribution in [2.24, 2.45) is 0 Å². The zero-order valence-electron chi connectivity index (χ0n) is 25.8. The van der Waals surface area contributed by atoms with Crippen molar-refractivity contribution in [3.8, 4) is 56.7 Å². The first-order valence-electron chi connectivity index (χ1n) is 15.9. The number of hydrogen-bond acceptors (Lipinski definition) is 5. The van der Waals surface area contributed by atoms with Gasteiger partial charge in [0.25, 0.3) is 0 Å². The van der Waals surface area contributed by atoms with Crippen LogP contribution in [0.15, 0.2) is 164 Å². The lowest BCUT2D eigenvalue weighted by Gasteiger charge is -2.11. The molecule has 0 aliphatic rings. The first-order valence-corrected chi connectivity index (χ1v) is 15.9. The third-order valence-corrected chi connectivity index (χ3v) is 8.75. The molecule has 48 heavy (non-hydrogen) atoms. The van der Waals surface area contributed by atoms with Gasteiger partial charge in [0.15, 0.2) is 23.3 Å². The van der Waals surface area contributed by atoms with Crippen LogP contribution in [0.2, 0.25) is 0 Å². The van der Waals surface area contributed by atoms with Crippen molar-refractivity contribution in [1.29, 1.82) is 0 Å². The summed E-state index contributed by atoms with van der Waals surface area (Å²) >= 11 is 0. The standard InChI is InChI=1S/C43H27N5/c1-3-13-28(14-4-1)41-46-42(29-15-5-2-6-16-29)48-43(47-41)33-20-12-18-31(26-33)30-17-11-19-32(25-30)40-44-27-38-36-23-8-7-21-34(36)35-22-9-10-24-37(35)39(38)45-40/h1-27H. The Morgan fingerprint density at radius 3 is 1.23 bits per heavy atom. The van der Waals surface area contributed by atoms with E-state index in [1.54, 1.807) is 0 Å². The van der Waals surface area contributed by atoms with Gasteiger partial charge in [-0.2, -0.15) is 0 Å². The van der Waals surface area contributed by atoms with Gasteiger partial charge in [-0.15, -0.1) is 0 Å². The number of rotatable bonds is 5. The molecule has 0 fully saturated rings. The topological polar surface area (TPSA) is 64.5 Å². The van der Waals surface area contributed by atoms with Gasteiger partial charge in [0, 0.05) is 39.2 Å². The first-order chi connectivity index (χ1) is 23.8. The second-order valence-electron chi connectivity index (χ2n) is 11.7. The van der Waals surface area contributed by atoms with Crippen molar-refractivity contribution in [1.82, 2.24) is 24.9 Å². The maximum absolute atomic E-state index is 5.16. The molecular formula is C43H27N5. The average Bonchev–Trinajstić information content (AvgIpc) is 3.18. The number of nitrogens with zero attached hydrogens (tertiary/aromatic N) is 5. The molecule has 0 amide bonds. The largest absolute Gasteiger partial charge is 0.236 e. The van der Waals surface area contributed by atoms with Crippen LogP contribution in [0.25, 0.3) is 89.1 Å². The molecular weight excluding hydrogens is 587 g/mol. The lowest BCUT2D eigenvalue weighted by atomic mass is 9.97. The molecule has 7 aromatic carbocycles. The van der Waals surface area contributed by atoms with E-state index in [0.29, 0.717) is 23.3 Å². The van der Waals surface area contributed by atoms with Crippen LogP contribution in [0.1, 0.15) is 0 Å². The summed E-state index contributed by atoms with van der Waals surface area (Å²) in [4.78, 5) is 24.7. The number of benzene rings is 7. The molecule has 9 aromatic rings. The van der Waals surface area contributed by atoms with Gasteiger partial charge in [-0.1, -0.05) is 146 Å². The summed E-state index contributed by atoms with van der Waals surface area (Å²) in [5.41, 5.74) is 6.82. The fraction of sp³-hybridized carbons (Fsp3) is 0. The average molecular weight is 614 g/mol. The summed E-state index contributed by atoms with van der Waals surface area (Å²) in [5, 5.41) is 5.75. The minimum atomic E-state index is 0.623. The fourth-order valence-electron chi connectivity index (χ4n) is 6.41. The predicted molar refractivity (Wildman–Crippen MR) is 195 cm³/mol. The Balaban J connectivity index is 1.14. The Morgan fingerprint density at radius 2 is 0.667 bits per heavy atom. The van der Waals surface area contributed by atoms with Gasteiger partial charge in [-0.25, -0.2) is 24.9 Å². The Hall–Kier alpha value is -6.59. The Labute approximate surface area is 277 Å². The van der Waals surface area contributed by atoms with E-state index in [1.165, 1.54) is 10.8 Å². The van der Waals surface area contributed by atoms with E-state index >= 15 is 0 Å². The second-order valence-corrected chi connectivity index (χ2v) is 11.7. The van der Waals surface area contributed by atoms with E-state index in [4.69, 9.17) is 24.9 Å². The van der Waals surface area contributed by atoms with Crippen LogP contribution in [-0.4, -0.2) is 24.9 Å². The molecule has 224 valence electrons. The minimum absolute atomic E-state index is 0.623. The molecule has 0 radical (unpaired) electrons. The van der Waals surface area contributed by atoms with Crippen molar-refractivity contribution >= 4 is 32.4 Å². The van der Waals surface area contributed by atoms with E-state index in [1.807, 2.05) is 72.9 Å². The van der Waals surface area contributed by atoms with Crippen LogP contribution >= 0.6 is 0 Å². The van der Waals surface area contributed by atoms with Crippen LogP contribution in [0.3, 0.4) is 0 Å². The normalized spacial score (nSPS) is 11.3. The fourth-order valence-corrected chi connectivity index (χ4v) is 6.41. The van der Waals surface area contributed by atoms with Gasteiger partial charge in [-0.3, -0.25) is 0 Å². The van der Waals surface area contributed by atoms with Crippen LogP contribution in [0.4, 0.5) is 0 Å². The van der Waals surface area contributed by atoms with Crippen LogP contribution < -0.4 is 0 Å². The third kappa shape index (κ3) is 4.95. The summed E-state index contributed by atoms with van der Waals surface area (Å²) < 4.78 is 0. The van der Waals surface area contributed by atoms with Gasteiger partial charge in [0.1, 0.15) is 0 Å². The monoisotopic (exact) mass is 613 g/mol. The molecule has 0 saturated carbocycles. The number of aromatic nitrogens is 5. The maximum atomic E-state index is 5.16. The Kier molecular flexibility index (Phi) is 6.72. The van der Waals surface area contributed by atoms with Crippen molar-refractivity contribution in [2.75, 3.05) is 0 Å². The van der Waals surface area contributed by atoms with Crippen molar-refractivity contribution < 1.29 is 0 Å². The highest BCUT2D eigenvalue weighted by Gasteiger charge is 2.15. The van der Waals surface area contributed by atoms with Gasteiger partial charge in [-0.05, 0) is 39.4 Å². The van der Waals surface area contributed by atoms with Gasteiger partial charge in [0.05, 0.1) is 5.52 Å². The van der Waals surface area contributed by atoms with Crippen molar-refractivity contribution in [3.63, 3.8) is 0 Å². The van der Waals surface area contributed by atoms with Gasteiger partial charge < -0.3 is 0 Å². The third-order valence-electron chi connectivity index (χ3n) is 8.75. The molecule has 0 saturated heterocycles. The molecule has 0 aliphatic heterocycles. The molecule has 9 rings (SSSR count). The molecule has 2 heterocycles. The quantitative estimate of drug-likeness (QED) is 0.181. The summed E-state index contributed by atoms with van der Waals surface area (Å²) in [6.45, 7) is 0. The molecule has 0 spiro atoms. The van der Waals surface area contributed by atoms with E-state index in [-0.39, 0.29) is 0 Å². The molecule has 0 aliphatic carbocycles. The molecule has 0 N–H and O–H groups in total. The Bertz CT molecular complexity index is 2520. The van der Waals surface area contributed by atoms with Gasteiger partial charge >= 0.3 is 0 Å². The molecule has 0 atom stereocenters. The number of fused-ring (bicyclic) bond motifs is 6. The zero-order valence-corrected chi connectivity index (χ0v) is 25.8. The lowest BCUT2D eigenvalue weighted by Crippen LogP contribution is -2.00. The van der Waals surface area contributed by atoms with Gasteiger partial charge in [0.2, 0.25) is 0 Å². The summed E-state index contributed by atoms with van der Waals surface area (Å²) in [5.74, 6) is 2.59. The minimum Gasteiger partial charge on any atom is -0.236 e. The van der Waals surface area contributed by atoms with E-state index in [0.717, 1.165) is 55.1 Å². The maximum Gasteiger partial charge on any atom is 0.164 e. The van der Waals surface area contributed by atoms with Crippen molar-refractivity contribution in [3.05, 3.63) is 164 Å². The van der Waals surface area contributed by atoms with E-state index < -0.39 is 0 Å². The van der Waals surface area contributed by atoms with Crippen LogP contribution in [0.5, 0.6) is 0 Å². The molecule has 2 aromatic heterocycles. The smallest absolute Gasteiger partial charge is 0.164 e. The number of hydrogen-bond donors (Lipinski definition) is 0. The molecule has 5 nitrogen and oxygen atoms in total. The highest BCUT2D eigenvalue weighted by Crippen LogP contribution is 2.35. The Morgan fingerprint density at radius 1 is 0.271 bits per heavy atom. The SMILES string of the molecule is c1ccc(-c2nc(-c3ccccc3)nc(-c3cccc(-c4cccc(-c5ncc6c7ccccc7c7ccccc7c6n5)c4)c3)n2)cc1. The summed E-state index contributed by atoms with van der Waals surface area (Å²) in [6, 6.07) is 53.8. The molecule has 5 heteroatoms. The highest BCUT2D eigenvalue weighted by atomic mass is 15.0. The zero-order chi connectivity index (χ0) is 31.9. The van der Waals surface area contributed by atoms with Crippen LogP contribution in [0, 0.1) is 0 Å². The lowest BCUT2D eigenvalue weighted by molar-refractivity contribution is 1.07. The van der Waals surface area contributed by atoms with Crippen LogP contribution in [-0.2, 0) is 0 Å². The summed E-state index contributed by atoms with van der Waals surface area (Å²) in [7, 11) is 0. The second kappa shape index (κ2) is 11.6. The van der Waals surface area contributed by atoms with E-state index in [9.17, 15) is 0 Å². The van der Waals surface area contributed by atoms with Crippen molar-refractivity contribution in [2.45, 2.75) is 0 Å². The highest BCUT2D eigenvalue weighted by molar-refractivity contribution is 6.24.